The van der Waals surface area contributed by atoms with E-state index in [1.807, 2.05) is 6.07 Å². The van der Waals surface area contributed by atoms with Gasteiger partial charge in [-0.2, -0.15) is 0 Å². The first-order valence-electron chi connectivity index (χ1n) is 6.15. The molecule has 1 rings (SSSR count). The fraction of sp³-hybridized carbons (Fsp3) is 0.571. The van der Waals surface area contributed by atoms with Crippen LogP contribution in [-0.2, 0) is 6.42 Å². The van der Waals surface area contributed by atoms with Crippen LogP contribution in [-0.4, -0.2) is 11.9 Å². The van der Waals surface area contributed by atoms with Gasteiger partial charge in [-0.15, -0.1) is 0 Å². The summed E-state index contributed by atoms with van der Waals surface area (Å²) in [4.78, 5) is 0. The summed E-state index contributed by atoms with van der Waals surface area (Å²) in [5.74, 6) is 1.07. The second kappa shape index (κ2) is 8.63. The Balaban J connectivity index is 2.43. The number of halogens is 1. The van der Waals surface area contributed by atoms with E-state index in [9.17, 15) is 0 Å². The highest BCUT2D eigenvalue weighted by Crippen LogP contribution is 2.20. The number of unbranched alkanes of at least 4 members (excludes halogenated alkanes) is 2. The smallest absolute Gasteiger partial charge is 0.122 e. The second-order valence-electron chi connectivity index (χ2n) is 3.96. The molecule has 0 aliphatic heterocycles. The Hall–Kier alpha value is -0.500. The van der Waals surface area contributed by atoms with Gasteiger partial charge in [-0.3, -0.25) is 0 Å². The van der Waals surface area contributed by atoms with Crippen LogP contribution in [0.4, 0.5) is 0 Å². The van der Waals surface area contributed by atoms with Crippen molar-refractivity contribution in [1.82, 2.24) is 0 Å². The average molecular weight is 285 g/mol. The van der Waals surface area contributed by atoms with Crippen molar-refractivity contribution in [2.45, 2.75) is 39.0 Å². The molecule has 0 radical (unpaired) electrons. The maximum absolute atomic E-state index is 5.73. The minimum Gasteiger partial charge on any atom is -0.493 e. The minimum atomic E-state index is 0.818. The predicted molar refractivity (Wildman–Crippen MR) is 73.6 cm³/mol. The Kier molecular flexibility index (Phi) is 7.32. The third-order valence-corrected chi connectivity index (χ3v) is 3.07. The minimum absolute atomic E-state index is 0.818. The molecule has 1 aromatic carbocycles. The van der Waals surface area contributed by atoms with Crippen LogP contribution < -0.4 is 4.74 Å². The highest BCUT2D eigenvalue weighted by molar-refractivity contribution is 9.09. The molecular weight excluding hydrogens is 264 g/mol. The van der Waals surface area contributed by atoms with Crippen LogP contribution in [0.5, 0.6) is 5.75 Å². The first-order valence-corrected chi connectivity index (χ1v) is 7.27. The maximum atomic E-state index is 5.73. The highest BCUT2D eigenvalue weighted by atomic mass is 79.9. The van der Waals surface area contributed by atoms with Crippen molar-refractivity contribution in [3.63, 3.8) is 0 Å². The van der Waals surface area contributed by atoms with Crippen molar-refractivity contribution in [2.24, 2.45) is 0 Å². The first kappa shape index (κ1) is 13.6. The fourth-order valence-electron chi connectivity index (χ4n) is 1.65. The van der Waals surface area contributed by atoms with Gasteiger partial charge in [0.15, 0.2) is 0 Å². The van der Waals surface area contributed by atoms with Gasteiger partial charge in [0, 0.05) is 5.33 Å². The van der Waals surface area contributed by atoms with Crippen molar-refractivity contribution in [3.05, 3.63) is 29.8 Å². The maximum Gasteiger partial charge on any atom is 0.122 e. The van der Waals surface area contributed by atoms with E-state index >= 15 is 0 Å². The van der Waals surface area contributed by atoms with Crippen LogP contribution in [0.3, 0.4) is 0 Å². The zero-order valence-electron chi connectivity index (χ0n) is 10.0. The molecule has 0 saturated heterocycles. The average Bonchev–Trinajstić information content (AvgIpc) is 2.33. The Labute approximate surface area is 107 Å². The topological polar surface area (TPSA) is 9.23 Å². The molecule has 16 heavy (non-hydrogen) atoms. The summed E-state index contributed by atoms with van der Waals surface area (Å²) in [5, 5.41) is 1.11. The molecule has 0 saturated carbocycles. The third-order valence-electron chi connectivity index (χ3n) is 2.51. The molecule has 0 amide bonds. The van der Waals surface area contributed by atoms with E-state index < -0.39 is 0 Å². The van der Waals surface area contributed by atoms with Gasteiger partial charge in [-0.25, -0.2) is 0 Å². The van der Waals surface area contributed by atoms with E-state index in [-0.39, 0.29) is 0 Å². The lowest BCUT2D eigenvalue weighted by molar-refractivity contribution is 0.314. The summed E-state index contributed by atoms with van der Waals surface area (Å²) in [7, 11) is 0. The standard InChI is InChI=1S/C14H21BrO/c1-2-12-16-14-10-6-5-9-13(14)8-4-3-7-11-15/h5-6,9-10H,2-4,7-8,11-12H2,1H3. The van der Waals surface area contributed by atoms with E-state index in [2.05, 4.69) is 41.1 Å². The zero-order valence-corrected chi connectivity index (χ0v) is 11.6. The van der Waals surface area contributed by atoms with Crippen molar-refractivity contribution in [1.29, 1.82) is 0 Å². The number of rotatable bonds is 8. The monoisotopic (exact) mass is 284 g/mol. The number of ether oxygens (including phenoxy) is 1. The van der Waals surface area contributed by atoms with Crippen LogP contribution in [0.15, 0.2) is 24.3 Å². The summed E-state index contributed by atoms with van der Waals surface area (Å²) in [6.07, 6.45) is 5.99. The molecule has 0 fully saturated rings. The lowest BCUT2D eigenvalue weighted by Gasteiger charge is -2.10. The molecule has 0 spiro atoms. The van der Waals surface area contributed by atoms with Gasteiger partial charge in [-0.05, 0) is 37.3 Å². The zero-order chi connectivity index (χ0) is 11.6. The highest BCUT2D eigenvalue weighted by Gasteiger charge is 2.01. The SMILES string of the molecule is CCCOc1ccccc1CCCCCBr. The van der Waals surface area contributed by atoms with Gasteiger partial charge in [0.05, 0.1) is 6.61 Å². The molecule has 0 aliphatic carbocycles. The Morgan fingerprint density at radius 2 is 1.94 bits per heavy atom. The molecule has 90 valence electrons. The van der Waals surface area contributed by atoms with Crippen molar-refractivity contribution in [2.75, 3.05) is 11.9 Å². The van der Waals surface area contributed by atoms with Gasteiger partial charge in [0.2, 0.25) is 0 Å². The molecule has 1 nitrogen and oxygen atoms in total. The van der Waals surface area contributed by atoms with Gasteiger partial charge in [-0.1, -0.05) is 47.5 Å². The summed E-state index contributed by atoms with van der Waals surface area (Å²) < 4.78 is 5.73. The molecule has 2 heteroatoms. The fourth-order valence-corrected chi connectivity index (χ4v) is 2.05. The Morgan fingerprint density at radius 3 is 2.69 bits per heavy atom. The van der Waals surface area contributed by atoms with E-state index in [1.54, 1.807) is 0 Å². The molecule has 0 aliphatic rings. The van der Waals surface area contributed by atoms with E-state index in [1.165, 1.54) is 24.8 Å². The third kappa shape index (κ3) is 5.02. The molecule has 0 unspecified atom stereocenters. The number of aryl methyl sites for hydroxylation is 1. The van der Waals surface area contributed by atoms with E-state index in [4.69, 9.17) is 4.74 Å². The largest absolute Gasteiger partial charge is 0.493 e. The summed E-state index contributed by atoms with van der Waals surface area (Å²) in [5.41, 5.74) is 1.35. The lowest BCUT2D eigenvalue weighted by Crippen LogP contribution is -1.99. The van der Waals surface area contributed by atoms with Crippen LogP contribution >= 0.6 is 15.9 Å². The molecule has 1 aromatic rings. The molecule has 0 atom stereocenters. The quantitative estimate of drug-likeness (QED) is 0.501. The summed E-state index contributed by atoms with van der Waals surface area (Å²) >= 11 is 3.46. The summed E-state index contributed by atoms with van der Waals surface area (Å²) in [6.45, 7) is 2.96. The molecule has 0 heterocycles. The number of para-hydroxylation sites is 1. The van der Waals surface area contributed by atoms with Crippen molar-refractivity contribution in [3.8, 4) is 5.75 Å². The molecule has 0 N–H and O–H groups in total. The van der Waals surface area contributed by atoms with Gasteiger partial charge >= 0.3 is 0 Å². The molecule has 0 aromatic heterocycles. The van der Waals surface area contributed by atoms with Crippen LogP contribution in [0.2, 0.25) is 0 Å². The first-order chi connectivity index (χ1) is 7.88. The van der Waals surface area contributed by atoms with Crippen LogP contribution in [0, 0.1) is 0 Å². The number of alkyl halides is 1. The van der Waals surface area contributed by atoms with E-state index in [0.29, 0.717) is 0 Å². The van der Waals surface area contributed by atoms with Crippen molar-refractivity contribution >= 4 is 15.9 Å². The van der Waals surface area contributed by atoms with Gasteiger partial charge in [0.25, 0.3) is 0 Å². The Bertz CT molecular complexity index is 286. The van der Waals surface area contributed by atoms with E-state index in [0.717, 1.165) is 30.5 Å². The summed E-state index contributed by atoms with van der Waals surface area (Å²) in [6, 6.07) is 8.40. The lowest BCUT2D eigenvalue weighted by atomic mass is 10.1. The second-order valence-corrected chi connectivity index (χ2v) is 4.75. The van der Waals surface area contributed by atoms with Gasteiger partial charge < -0.3 is 4.74 Å². The Morgan fingerprint density at radius 1 is 1.12 bits per heavy atom. The predicted octanol–water partition coefficient (Wildman–Crippen LogP) is 4.58. The molecular formula is C14H21BrO. The number of hydrogen-bond acceptors (Lipinski definition) is 1. The van der Waals surface area contributed by atoms with Crippen molar-refractivity contribution < 1.29 is 4.74 Å². The molecule has 0 bridgehead atoms. The van der Waals surface area contributed by atoms with Gasteiger partial charge in [0.1, 0.15) is 5.75 Å². The van der Waals surface area contributed by atoms with Crippen LogP contribution in [0.25, 0.3) is 0 Å². The number of benzene rings is 1. The normalized spacial score (nSPS) is 10.4. The van der Waals surface area contributed by atoms with Crippen LogP contribution in [0.1, 0.15) is 38.2 Å². The number of hydrogen-bond donors (Lipinski definition) is 0.